The van der Waals surface area contributed by atoms with Crippen LogP contribution >= 0.6 is 27.5 Å². The molecule has 1 amide bonds. The lowest BCUT2D eigenvalue weighted by atomic mass is 10.1. The number of rotatable bonds is 10. The molecule has 0 saturated carbocycles. The second-order valence-corrected chi connectivity index (χ2v) is 11.0. The van der Waals surface area contributed by atoms with Crippen molar-refractivity contribution in [1.82, 2.24) is 4.31 Å². The summed E-state index contributed by atoms with van der Waals surface area (Å²) in [5, 5.41) is 3.37. The first-order chi connectivity index (χ1) is 15.8. The van der Waals surface area contributed by atoms with Crippen LogP contribution in [-0.2, 0) is 27.8 Å². The quantitative estimate of drug-likeness (QED) is 0.324. The largest absolute Gasteiger partial charge is 0.325 e. The molecule has 0 heterocycles. The van der Waals surface area contributed by atoms with Crippen LogP contribution in [0, 0.1) is 0 Å². The lowest BCUT2D eigenvalue weighted by Gasteiger charge is -2.22. The highest BCUT2D eigenvalue weighted by Gasteiger charge is 2.27. The minimum atomic E-state index is -3.91. The van der Waals surface area contributed by atoms with Crippen LogP contribution in [-0.4, -0.2) is 25.2 Å². The van der Waals surface area contributed by atoms with Crippen LogP contribution in [0.4, 0.5) is 5.69 Å². The summed E-state index contributed by atoms with van der Waals surface area (Å²) in [6.07, 6.45) is 3.22. The molecule has 0 spiro atoms. The van der Waals surface area contributed by atoms with E-state index in [-0.39, 0.29) is 18.0 Å². The van der Waals surface area contributed by atoms with Gasteiger partial charge in [-0.2, -0.15) is 4.31 Å². The van der Waals surface area contributed by atoms with Gasteiger partial charge in [0.1, 0.15) is 0 Å². The highest BCUT2D eigenvalue weighted by atomic mass is 79.9. The molecule has 3 rings (SSSR count). The van der Waals surface area contributed by atoms with Gasteiger partial charge in [0.15, 0.2) is 0 Å². The van der Waals surface area contributed by atoms with Gasteiger partial charge in [-0.05, 0) is 72.5 Å². The van der Waals surface area contributed by atoms with Gasteiger partial charge in [0, 0.05) is 21.7 Å². The Labute approximate surface area is 209 Å². The standard InChI is InChI=1S/C25H26BrClN2O3S/c1-2-3-4-19-7-13-23(14-8-19)28-25(30)18-29(17-20-5-11-22(27)12-6-20)33(31,32)24-15-9-21(26)10-16-24/h5-16H,2-4,17-18H2,1H3,(H,28,30). The summed E-state index contributed by atoms with van der Waals surface area (Å²) >= 11 is 9.28. The Morgan fingerprint density at radius 1 is 0.939 bits per heavy atom. The fourth-order valence-electron chi connectivity index (χ4n) is 3.27. The molecule has 0 radical (unpaired) electrons. The van der Waals surface area contributed by atoms with Crippen molar-refractivity contribution in [1.29, 1.82) is 0 Å². The number of hydrogen-bond acceptors (Lipinski definition) is 3. The van der Waals surface area contributed by atoms with Crippen LogP contribution in [0.1, 0.15) is 30.9 Å². The van der Waals surface area contributed by atoms with Gasteiger partial charge >= 0.3 is 0 Å². The molecule has 0 atom stereocenters. The van der Waals surface area contributed by atoms with Gasteiger partial charge in [0.25, 0.3) is 0 Å². The van der Waals surface area contributed by atoms with E-state index in [1.165, 1.54) is 22.0 Å². The first kappa shape index (κ1) is 25.4. The fraction of sp³-hybridized carbons (Fsp3) is 0.240. The predicted molar refractivity (Wildman–Crippen MR) is 137 cm³/mol. The number of carbonyl (C=O) groups excluding carboxylic acids is 1. The number of nitrogens with one attached hydrogen (secondary N) is 1. The van der Waals surface area contributed by atoms with Crippen molar-refractivity contribution in [2.24, 2.45) is 0 Å². The van der Waals surface area contributed by atoms with E-state index in [2.05, 4.69) is 28.2 Å². The molecule has 0 saturated heterocycles. The van der Waals surface area contributed by atoms with E-state index in [1.807, 2.05) is 24.3 Å². The van der Waals surface area contributed by atoms with Crippen molar-refractivity contribution in [2.45, 2.75) is 37.6 Å². The predicted octanol–water partition coefficient (Wildman–Crippen LogP) is 6.27. The van der Waals surface area contributed by atoms with Gasteiger partial charge in [0.2, 0.25) is 15.9 Å². The van der Waals surface area contributed by atoms with Gasteiger partial charge in [0.05, 0.1) is 11.4 Å². The molecule has 0 unspecified atom stereocenters. The summed E-state index contributed by atoms with van der Waals surface area (Å²) in [4.78, 5) is 12.9. The molecule has 3 aromatic rings. The van der Waals surface area contributed by atoms with Crippen molar-refractivity contribution in [2.75, 3.05) is 11.9 Å². The molecule has 1 N–H and O–H groups in total. The van der Waals surface area contributed by atoms with Crippen molar-refractivity contribution in [3.8, 4) is 0 Å². The number of anilines is 1. The molecule has 0 aliphatic rings. The summed E-state index contributed by atoms with van der Waals surface area (Å²) in [6, 6.07) is 20.9. The monoisotopic (exact) mass is 548 g/mol. The maximum Gasteiger partial charge on any atom is 0.243 e. The maximum atomic E-state index is 13.4. The smallest absolute Gasteiger partial charge is 0.243 e. The van der Waals surface area contributed by atoms with E-state index in [1.54, 1.807) is 36.4 Å². The lowest BCUT2D eigenvalue weighted by Crippen LogP contribution is -2.37. The third-order valence-electron chi connectivity index (χ3n) is 5.10. The van der Waals surface area contributed by atoms with Gasteiger partial charge in [-0.15, -0.1) is 0 Å². The molecule has 0 aliphatic heterocycles. The van der Waals surface area contributed by atoms with E-state index in [0.29, 0.717) is 10.7 Å². The third-order valence-corrected chi connectivity index (χ3v) is 7.69. The summed E-state index contributed by atoms with van der Waals surface area (Å²) in [5.74, 6) is -0.411. The summed E-state index contributed by atoms with van der Waals surface area (Å²) < 4.78 is 28.6. The average Bonchev–Trinajstić information content (AvgIpc) is 2.80. The molecule has 0 aromatic heterocycles. The molecule has 0 bridgehead atoms. The number of amides is 1. The van der Waals surface area contributed by atoms with Crippen LogP contribution in [0.5, 0.6) is 0 Å². The number of nitrogens with zero attached hydrogens (tertiary/aromatic N) is 1. The molecular weight excluding hydrogens is 524 g/mol. The first-order valence-corrected chi connectivity index (χ1v) is 13.3. The van der Waals surface area contributed by atoms with E-state index in [4.69, 9.17) is 11.6 Å². The molecule has 8 heteroatoms. The Morgan fingerprint density at radius 3 is 2.15 bits per heavy atom. The van der Waals surface area contributed by atoms with Crippen molar-refractivity contribution < 1.29 is 13.2 Å². The Hall–Kier alpha value is -2.19. The van der Waals surface area contributed by atoms with Crippen LogP contribution in [0.2, 0.25) is 5.02 Å². The summed E-state index contributed by atoms with van der Waals surface area (Å²) in [5.41, 5.74) is 2.57. The second kappa shape index (κ2) is 11.8. The fourth-order valence-corrected chi connectivity index (χ4v) is 5.05. The zero-order valence-corrected chi connectivity index (χ0v) is 21.5. The maximum absolute atomic E-state index is 13.4. The Balaban J connectivity index is 1.79. The van der Waals surface area contributed by atoms with Gasteiger partial charge < -0.3 is 5.32 Å². The van der Waals surface area contributed by atoms with E-state index >= 15 is 0 Å². The molecule has 33 heavy (non-hydrogen) atoms. The number of halogens is 2. The normalized spacial score (nSPS) is 11.5. The van der Waals surface area contributed by atoms with Crippen molar-refractivity contribution in [3.63, 3.8) is 0 Å². The number of carbonyl (C=O) groups is 1. The number of unbranched alkanes of at least 4 members (excludes halogenated alkanes) is 1. The average molecular weight is 550 g/mol. The molecular formula is C25H26BrClN2O3S. The summed E-state index contributed by atoms with van der Waals surface area (Å²) in [7, 11) is -3.91. The van der Waals surface area contributed by atoms with E-state index in [9.17, 15) is 13.2 Å². The van der Waals surface area contributed by atoms with Crippen LogP contribution < -0.4 is 5.32 Å². The minimum Gasteiger partial charge on any atom is -0.325 e. The van der Waals surface area contributed by atoms with Gasteiger partial charge in [-0.3, -0.25) is 4.79 Å². The number of aryl methyl sites for hydroxylation is 1. The topological polar surface area (TPSA) is 66.5 Å². The zero-order chi connectivity index (χ0) is 23.8. The number of sulfonamides is 1. The second-order valence-electron chi connectivity index (χ2n) is 7.70. The molecule has 3 aromatic carbocycles. The Bertz CT molecular complexity index is 1170. The van der Waals surface area contributed by atoms with Gasteiger partial charge in [-0.25, -0.2) is 8.42 Å². The molecule has 0 aliphatic carbocycles. The SMILES string of the molecule is CCCCc1ccc(NC(=O)CN(Cc2ccc(Cl)cc2)S(=O)(=O)c2ccc(Br)cc2)cc1. The zero-order valence-electron chi connectivity index (χ0n) is 18.3. The Kier molecular flexibility index (Phi) is 9.09. The van der Waals surface area contributed by atoms with Crippen molar-refractivity contribution in [3.05, 3.63) is 93.4 Å². The van der Waals surface area contributed by atoms with Crippen LogP contribution in [0.15, 0.2) is 82.2 Å². The molecule has 5 nitrogen and oxygen atoms in total. The Morgan fingerprint density at radius 2 is 1.55 bits per heavy atom. The number of benzene rings is 3. The molecule has 0 fully saturated rings. The number of hydrogen-bond donors (Lipinski definition) is 1. The summed E-state index contributed by atoms with van der Waals surface area (Å²) in [6.45, 7) is 1.87. The minimum absolute atomic E-state index is 0.0406. The lowest BCUT2D eigenvalue weighted by molar-refractivity contribution is -0.116. The highest BCUT2D eigenvalue weighted by Crippen LogP contribution is 2.22. The molecule has 174 valence electrons. The van der Waals surface area contributed by atoms with Crippen molar-refractivity contribution >= 4 is 49.1 Å². The van der Waals surface area contributed by atoms with Gasteiger partial charge in [-0.1, -0.05) is 65.1 Å². The first-order valence-electron chi connectivity index (χ1n) is 10.7. The third kappa shape index (κ3) is 7.40. The highest BCUT2D eigenvalue weighted by molar-refractivity contribution is 9.10. The van der Waals surface area contributed by atoms with E-state index in [0.717, 1.165) is 29.3 Å². The van der Waals surface area contributed by atoms with E-state index < -0.39 is 15.9 Å². The van der Waals surface area contributed by atoms with Crippen LogP contribution in [0.25, 0.3) is 0 Å². The van der Waals surface area contributed by atoms with Crippen LogP contribution in [0.3, 0.4) is 0 Å².